The van der Waals surface area contributed by atoms with Crippen LogP contribution < -0.4 is 10.5 Å². The van der Waals surface area contributed by atoms with E-state index in [0.717, 1.165) is 16.7 Å². The molecule has 1 aromatic heterocycles. The lowest BCUT2D eigenvalue weighted by atomic mass is 10.1. The minimum Gasteiger partial charge on any atom is -0.485 e. The topological polar surface area (TPSA) is 48.1 Å². The van der Waals surface area contributed by atoms with E-state index in [1.165, 1.54) is 0 Å². The molecule has 1 radical (unpaired) electrons. The number of anilines is 1. The summed E-state index contributed by atoms with van der Waals surface area (Å²) in [4.78, 5) is 4.19. The van der Waals surface area contributed by atoms with Crippen LogP contribution in [0.4, 0.5) is 5.82 Å². The third-order valence-electron chi connectivity index (χ3n) is 3.37. The van der Waals surface area contributed by atoms with Crippen molar-refractivity contribution < 1.29 is 4.74 Å². The molecule has 0 saturated heterocycles. The van der Waals surface area contributed by atoms with Crippen molar-refractivity contribution in [2.75, 3.05) is 5.73 Å². The Hall–Kier alpha value is -2.23. The van der Waals surface area contributed by atoms with Crippen LogP contribution in [-0.4, -0.2) is 4.98 Å². The van der Waals surface area contributed by atoms with Crippen LogP contribution in [0, 0.1) is 6.07 Å². The Kier molecular flexibility index (Phi) is 4.70. The van der Waals surface area contributed by atoms with Crippen LogP contribution in [0.5, 0.6) is 5.75 Å². The van der Waals surface area contributed by atoms with Crippen molar-refractivity contribution in [2.24, 2.45) is 0 Å². The zero-order valence-electron chi connectivity index (χ0n) is 12.1. The number of aromatic nitrogens is 1. The molecule has 0 saturated carbocycles. The number of nitrogen functional groups attached to an aromatic ring is 1. The normalized spacial score (nSPS) is 10.5. The Morgan fingerprint density at radius 3 is 2.43 bits per heavy atom. The van der Waals surface area contributed by atoms with Gasteiger partial charge in [0.05, 0.1) is 0 Å². The molecule has 5 heteroatoms. The van der Waals surface area contributed by atoms with Crippen molar-refractivity contribution in [3.63, 3.8) is 0 Å². The molecule has 0 bridgehead atoms. The first-order valence-corrected chi connectivity index (χ1v) is 7.68. The quantitative estimate of drug-likeness (QED) is 0.723. The molecule has 3 nitrogen and oxygen atoms in total. The summed E-state index contributed by atoms with van der Waals surface area (Å²) < 4.78 is 5.78. The van der Waals surface area contributed by atoms with E-state index in [9.17, 15) is 0 Å². The number of nitrogens with zero attached hydrogens (tertiary/aromatic N) is 1. The molecule has 0 fully saturated rings. The minimum atomic E-state index is 0.219. The Morgan fingerprint density at radius 1 is 1.04 bits per heavy atom. The second-order valence-corrected chi connectivity index (χ2v) is 5.70. The number of benzene rings is 2. The van der Waals surface area contributed by atoms with Crippen LogP contribution in [-0.2, 0) is 6.61 Å². The predicted molar refractivity (Wildman–Crippen MR) is 93.7 cm³/mol. The van der Waals surface area contributed by atoms with Gasteiger partial charge >= 0.3 is 0 Å². The van der Waals surface area contributed by atoms with Gasteiger partial charge in [-0.25, -0.2) is 4.98 Å². The Balaban J connectivity index is 1.86. The molecule has 0 aliphatic carbocycles. The van der Waals surface area contributed by atoms with Crippen molar-refractivity contribution in [1.82, 2.24) is 4.98 Å². The summed E-state index contributed by atoms with van der Waals surface area (Å²) in [6, 6.07) is 17.7. The fraction of sp³-hybridized carbons (Fsp3) is 0.0556. The SMILES string of the molecule is Nc1ncc(-c2cc[c]cc2)cc1OCc1c(Cl)cccc1Cl. The summed E-state index contributed by atoms with van der Waals surface area (Å²) in [7, 11) is 0. The van der Waals surface area contributed by atoms with Crippen molar-refractivity contribution in [3.8, 4) is 16.9 Å². The first-order valence-electron chi connectivity index (χ1n) is 6.93. The number of hydrogen-bond acceptors (Lipinski definition) is 3. The van der Waals surface area contributed by atoms with Gasteiger partial charge in [0.15, 0.2) is 11.6 Å². The molecule has 2 aromatic carbocycles. The van der Waals surface area contributed by atoms with Crippen molar-refractivity contribution in [3.05, 3.63) is 76.4 Å². The van der Waals surface area contributed by atoms with Crippen molar-refractivity contribution >= 4 is 29.0 Å². The maximum atomic E-state index is 6.15. The number of rotatable bonds is 4. The molecule has 0 atom stereocenters. The molecule has 0 unspecified atom stereocenters. The molecule has 2 N–H and O–H groups in total. The summed E-state index contributed by atoms with van der Waals surface area (Å²) in [5.41, 5.74) is 8.54. The second-order valence-electron chi connectivity index (χ2n) is 4.88. The fourth-order valence-corrected chi connectivity index (χ4v) is 2.63. The monoisotopic (exact) mass is 343 g/mol. The molecular formula is C18H13Cl2N2O. The van der Waals surface area contributed by atoms with Crippen molar-refractivity contribution in [1.29, 1.82) is 0 Å². The standard InChI is InChI=1S/C18H13Cl2N2O/c19-15-7-4-8-16(20)14(15)11-23-17-9-13(10-22-18(17)21)12-5-2-1-3-6-12/h2-10H,11H2,(H2,21,22). The molecular weight excluding hydrogens is 331 g/mol. The Bertz CT molecular complexity index is 802. The van der Waals surface area contributed by atoms with Crippen LogP contribution in [0.15, 0.2) is 54.7 Å². The van der Waals surface area contributed by atoms with Crippen LogP contribution in [0.2, 0.25) is 10.0 Å². The van der Waals surface area contributed by atoms with E-state index in [4.69, 9.17) is 33.7 Å². The zero-order chi connectivity index (χ0) is 16.2. The number of ether oxygens (including phenoxy) is 1. The zero-order valence-corrected chi connectivity index (χ0v) is 13.6. The minimum absolute atomic E-state index is 0.219. The lowest BCUT2D eigenvalue weighted by Gasteiger charge is -2.12. The molecule has 1 heterocycles. The lowest BCUT2D eigenvalue weighted by molar-refractivity contribution is 0.307. The maximum Gasteiger partial charge on any atom is 0.166 e. The predicted octanol–water partition coefficient (Wildman–Crippen LogP) is 5.02. The van der Waals surface area contributed by atoms with Crippen LogP contribution in [0.1, 0.15) is 5.56 Å². The number of halogens is 2. The Labute approximate surface area is 144 Å². The highest BCUT2D eigenvalue weighted by molar-refractivity contribution is 6.35. The van der Waals surface area contributed by atoms with Crippen LogP contribution >= 0.6 is 23.2 Å². The Morgan fingerprint density at radius 2 is 1.74 bits per heavy atom. The molecule has 3 rings (SSSR count). The van der Waals surface area contributed by atoms with E-state index >= 15 is 0 Å². The van der Waals surface area contributed by atoms with E-state index in [0.29, 0.717) is 21.6 Å². The average molecular weight is 344 g/mol. The van der Waals surface area contributed by atoms with E-state index < -0.39 is 0 Å². The van der Waals surface area contributed by atoms with Crippen LogP contribution in [0.25, 0.3) is 11.1 Å². The fourth-order valence-electron chi connectivity index (χ4n) is 2.13. The second kappa shape index (κ2) is 6.90. The van der Waals surface area contributed by atoms with Gasteiger partial charge in [-0.3, -0.25) is 0 Å². The summed E-state index contributed by atoms with van der Waals surface area (Å²) in [6.07, 6.45) is 1.71. The van der Waals surface area contributed by atoms with Crippen LogP contribution in [0.3, 0.4) is 0 Å². The average Bonchev–Trinajstić information content (AvgIpc) is 2.57. The third-order valence-corrected chi connectivity index (χ3v) is 4.08. The molecule has 0 spiro atoms. The third kappa shape index (κ3) is 3.58. The van der Waals surface area contributed by atoms with Gasteiger partial charge in [0.1, 0.15) is 6.61 Å². The first kappa shape index (κ1) is 15.7. The first-order chi connectivity index (χ1) is 11.1. The van der Waals surface area contributed by atoms with Gasteiger partial charge in [-0.1, -0.05) is 53.5 Å². The summed E-state index contributed by atoms with van der Waals surface area (Å²) in [6.45, 7) is 0.219. The summed E-state index contributed by atoms with van der Waals surface area (Å²) in [5.74, 6) is 0.811. The maximum absolute atomic E-state index is 6.15. The molecule has 0 aliphatic heterocycles. The highest BCUT2D eigenvalue weighted by Gasteiger charge is 2.10. The largest absolute Gasteiger partial charge is 0.485 e. The number of pyridine rings is 1. The van der Waals surface area contributed by atoms with E-state index in [1.807, 2.05) is 30.3 Å². The molecule has 0 aliphatic rings. The van der Waals surface area contributed by atoms with E-state index in [-0.39, 0.29) is 6.61 Å². The van der Waals surface area contributed by atoms with E-state index in [1.54, 1.807) is 24.4 Å². The molecule has 0 amide bonds. The molecule has 23 heavy (non-hydrogen) atoms. The van der Waals surface area contributed by atoms with Gasteiger partial charge in [-0.2, -0.15) is 0 Å². The number of nitrogens with two attached hydrogens (primary N) is 1. The lowest BCUT2D eigenvalue weighted by Crippen LogP contribution is -2.02. The van der Waals surface area contributed by atoms with Gasteiger partial charge in [-0.05, 0) is 29.8 Å². The summed E-state index contributed by atoms with van der Waals surface area (Å²) in [5, 5.41) is 1.11. The van der Waals surface area contributed by atoms with Gasteiger partial charge in [0.25, 0.3) is 0 Å². The van der Waals surface area contributed by atoms with Gasteiger partial charge in [0.2, 0.25) is 0 Å². The smallest absolute Gasteiger partial charge is 0.166 e. The van der Waals surface area contributed by atoms with Gasteiger partial charge in [0, 0.05) is 27.4 Å². The molecule has 3 aromatic rings. The molecule has 115 valence electrons. The van der Waals surface area contributed by atoms with Crippen molar-refractivity contribution in [2.45, 2.75) is 6.61 Å². The number of hydrogen-bond donors (Lipinski definition) is 1. The summed E-state index contributed by atoms with van der Waals surface area (Å²) >= 11 is 12.3. The van der Waals surface area contributed by atoms with Gasteiger partial charge in [-0.15, -0.1) is 0 Å². The van der Waals surface area contributed by atoms with Gasteiger partial charge < -0.3 is 10.5 Å². The highest BCUT2D eigenvalue weighted by atomic mass is 35.5. The van der Waals surface area contributed by atoms with E-state index in [2.05, 4.69) is 11.1 Å². The highest BCUT2D eigenvalue weighted by Crippen LogP contribution is 2.30.